The van der Waals surface area contributed by atoms with E-state index in [1.807, 2.05) is 46.8 Å². The molecule has 0 aromatic carbocycles. The third-order valence-corrected chi connectivity index (χ3v) is 8.05. The van der Waals surface area contributed by atoms with Crippen molar-refractivity contribution in [3.63, 3.8) is 0 Å². The molecule has 0 radical (unpaired) electrons. The average Bonchev–Trinajstić information content (AvgIpc) is 3.59. The van der Waals surface area contributed by atoms with E-state index in [2.05, 4.69) is 15.3 Å². The number of pyridine rings is 2. The van der Waals surface area contributed by atoms with E-state index in [1.54, 1.807) is 18.6 Å². The van der Waals surface area contributed by atoms with Crippen molar-refractivity contribution in [3.8, 4) is 22.4 Å². The van der Waals surface area contributed by atoms with Crippen molar-refractivity contribution >= 4 is 23.5 Å². The van der Waals surface area contributed by atoms with Gasteiger partial charge >= 0.3 is 6.09 Å². The van der Waals surface area contributed by atoms with Gasteiger partial charge in [0.2, 0.25) is 5.91 Å². The van der Waals surface area contributed by atoms with Gasteiger partial charge in [0.1, 0.15) is 11.5 Å². The Morgan fingerprint density at radius 3 is 2.58 bits per heavy atom. The van der Waals surface area contributed by atoms with Gasteiger partial charge < -0.3 is 15.0 Å². The van der Waals surface area contributed by atoms with Crippen LogP contribution in [0.1, 0.15) is 49.8 Å². The molecular weight excluding hydrogens is 482 g/mol. The smallest absolute Gasteiger partial charge is 0.410 e. The molecule has 7 heterocycles. The fraction of sp³-hybridized carbons (Fsp3) is 0.357. The Bertz CT molecular complexity index is 1550. The van der Waals surface area contributed by atoms with Crippen LogP contribution in [-0.4, -0.2) is 60.2 Å². The molecule has 0 saturated carbocycles. The number of amides is 2. The second kappa shape index (κ2) is 8.90. The van der Waals surface area contributed by atoms with Crippen molar-refractivity contribution in [2.45, 2.75) is 57.0 Å². The van der Waals surface area contributed by atoms with Crippen molar-refractivity contribution in [3.05, 3.63) is 60.3 Å². The van der Waals surface area contributed by atoms with Crippen LogP contribution in [0, 0.1) is 0 Å². The van der Waals surface area contributed by atoms with Crippen LogP contribution in [0.3, 0.4) is 0 Å². The molecule has 0 aliphatic carbocycles. The molecule has 2 amide bonds. The van der Waals surface area contributed by atoms with E-state index >= 15 is 0 Å². The molecule has 1 N–H and O–H groups in total. The molecule has 7 rings (SSSR count). The zero-order valence-electron chi connectivity index (χ0n) is 21.0. The largest absolute Gasteiger partial charge is 0.450 e. The van der Waals surface area contributed by atoms with Gasteiger partial charge in [-0.3, -0.25) is 9.78 Å². The lowest BCUT2D eigenvalue weighted by atomic mass is 9.88. The molecule has 2 unspecified atom stereocenters. The van der Waals surface area contributed by atoms with Gasteiger partial charge in [-0.25, -0.2) is 19.3 Å². The summed E-state index contributed by atoms with van der Waals surface area (Å²) in [7, 11) is 0. The van der Waals surface area contributed by atoms with Crippen LogP contribution in [0.15, 0.2) is 49.1 Å². The lowest BCUT2D eigenvalue weighted by Crippen LogP contribution is -2.46. The number of piperidine rings is 1. The van der Waals surface area contributed by atoms with Gasteiger partial charge in [-0.2, -0.15) is 5.10 Å². The van der Waals surface area contributed by atoms with Gasteiger partial charge in [-0.05, 0) is 62.4 Å². The van der Waals surface area contributed by atoms with E-state index < -0.39 is 0 Å². The first-order chi connectivity index (χ1) is 18.6. The zero-order valence-corrected chi connectivity index (χ0v) is 21.0. The Labute approximate surface area is 219 Å². The monoisotopic (exact) mass is 509 g/mol. The fourth-order valence-electron chi connectivity index (χ4n) is 6.50. The van der Waals surface area contributed by atoms with Gasteiger partial charge in [0, 0.05) is 59.6 Å². The number of hydrogen-bond donors (Lipinski definition) is 1. The van der Waals surface area contributed by atoms with E-state index in [4.69, 9.17) is 14.8 Å². The summed E-state index contributed by atoms with van der Waals surface area (Å²) in [6, 6.07) is 8.19. The highest BCUT2D eigenvalue weighted by atomic mass is 16.6. The number of carbonyl (C=O) groups excluding carboxylic acids is 2. The molecule has 3 aliphatic heterocycles. The van der Waals surface area contributed by atoms with E-state index in [1.165, 1.54) is 0 Å². The third kappa shape index (κ3) is 3.54. The molecule has 38 heavy (non-hydrogen) atoms. The predicted octanol–water partition coefficient (Wildman–Crippen LogP) is 4.21. The first kappa shape index (κ1) is 22.8. The van der Waals surface area contributed by atoms with Crippen LogP contribution in [0.5, 0.6) is 0 Å². The SMILES string of the molecule is CCOC(=O)N1C2CCC1CC(c1ccnc3c(-c4ccnc5c4CC(=O)N5)c(-c4ccncc4)nn13)C2. The van der Waals surface area contributed by atoms with Gasteiger partial charge in [0.05, 0.1) is 18.6 Å². The van der Waals surface area contributed by atoms with Crippen molar-refractivity contribution in [1.82, 2.24) is 29.5 Å². The average molecular weight is 510 g/mol. The molecule has 2 fully saturated rings. The molecule has 3 aliphatic rings. The normalized spacial score (nSPS) is 22.0. The number of anilines is 1. The summed E-state index contributed by atoms with van der Waals surface area (Å²) in [4.78, 5) is 40.2. The number of aromatic nitrogens is 5. The van der Waals surface area contributed by atoms with Crippen LogP contribution in [0.2, 0.25) is 0 Å². The molecule has 192 valence electrons. The van der Waals surface area contributed by atoms with Crippen molar-refractivity contribution in [1.29, 1.82) is 0 Å². The highest BCUT2D eigenvalue weighted by Crippen LogP contribution is 2.45. The number of nitrogens with zero attached hydrogens (tertiary/aromatic N) is 6. The van der Waals surface area contributed by atoms with Crippen LogP contribution in [0.25, 0.3) is 28.0 Å². The second-order valence-corrected chi connectivity index (χ2v) is 10.1. The first-order valence-corrected chi connectivity index (χ1v) is 13.1. The standard InChI is InChI=1S/C28H27N7O3/c1-2-38-28(37)34-18-3-4-19(34)14-17(13-18)22-8-12-31-27-24(20-7-11-30-26-21(20)15-23(36)32-26)25(33-35(22)27)16-5-9-29-10-6-16/h5-12,17-19H,2-4,13-15H2,1H3,(H,30,32,36). The first-order valence-electron chi connectivity index (χ1n) is 13.1. The van der Waals surface area contributed by atoms with Gasteiger partial charge in [0.15, 0.2) is 5.65 Å². The van der Waals surface area contributed by atoms with Crippen molar-refractivity contribution in [2.24, 2.45) is 0 Å². The van der Waals surface area contributed by atoms with E-state index in [9.17, 15) is 9.59 Å². The summed E-state index contributed by atoms with van der Waals surface area (Å²) in [5, 5.41) is 7.99. The molecule has 10 nitrogen and oxygen atoms in total. The summed E-state index contributed by atoms with van der Waals surface area (Å²) >= 11 is 0. The Morgan fingerprint density at radius 1 is 1.05 bits per heavy atom. The molecule has 4 aromatic rings. The summed E-state index contributed by atoms with van der Waals surface area (Å²) in [6.45, 7) is 2.23. The minimum Gasteiger partial charge on any atom is -0.450 e. The third-order valence-electron chi connectivity index (χ3n) is 8.05. The molecule has 2 bridgehead atoms. The highest BCUT2D eigenvalue weighted by molar-refractivity contribution is 6.03. The van der Waals surface area contributed by atoms with Crippen molar-refractivity contribution in [2.75, 3.05) is 11.9 Å². The predicted molar refractivity (Wildman–Crippen MR) is 139 cm³/mol. The number of ether oxygens (including phenoxy) is 1. The van der Waals surface area contributed by atoms with E-state index in [0.29, 0.717) is 12.4 Å². The maximum absolute atomic E-state index is 12.6. The highest BCUT2D eigenvalue weighted by Gasteiger charge is 2.45. The molecular formula is C28H27N7O3. The minimum absolute atomic E-state index is 0.0700. The topological polar surface area (TPSA) is 115 Å². The van der Waals surface area contributed by atoms with Crippen LogP contribution in [0.4, 0.5) is 10.6 Å². The number of fused-ring (bicyclic) bond motifs is 4. The Morgan fingerprint density at radius 2 is 1.82 bits per heavy atom. The van der Waals surface area contributed by atoms with Crippen molar-refractivity contribution < 1.29 is 14.3 Å². The van der Waals surface area contributed by atoms with Gasteiger partial charge in [0.25, 0.3) is 0 Å². The number of hydrogen-bond acceptors (Lipinski definition) is 7. The summed E-state index contributed by atoms with van der Waals surface area (Å²) < 4.78 is 7.32. The maximum Gasteiger partial charge on any atom is 0.410 e. The van der Waals surface area contributed by atoms with E-state index in [-0.39, 0.29) is 36.4 Å². The summed E-state index contributed by atoms with van der Waals surface area (Å²) in [5.74, 6) is 0.749. The van der Waals surface area contributed by atoms with Gasteiger partial charge in [-0.1, -0.05) is 0 Å². The maximum atomic E-state index is 12.6. The summed E-state index contributed by atoms with van der Waals surface area (Å²) in [6.07, 6.45) is 10.8. The minimum atomic E-state index is -0.200. The fourth-order valence-corrected chi connectivity index (χ4v) is 6.50. The summed E-state index contributed by atoms with van der Waals surface area (Å²) in [5.41, 5.74) is 6.16. The lowest BCUT2D eigenvalue weighted by molar-refractivity contribution is -0.115. The Kier molecular flexibility index (Phi) is 5.34. The zero-order chi connectivity index (χ0) is 25.8. The van der Waals surface area contributed by atoms with E-state index in [0.717, 1.165) is 65.0 Å². The molecule has 2 saturated heterocycles. The van der Waals surface area contributed by atoms with Crippen LogP contribution < -0.4 is 5.32 Å². The Balaban J connectivity index is 1.36. The molecule has 2 atom stereocenters. The molecule has 4 aromatic heterocycles. The quantitative estimate of drug-likeness (QED) is 0.438. The van der Waals surface area contributed by atoms with Crippen LogP contribution in [-0.2, 0) is 16.0 Å². The van der Waals surface area contributed by atoms with Crippen LogP contribution >= 0.6 is 0 Å². The Hall–Kier alpha value is -4.34. The second-order valence-electron chi connectivity index (χ2n) is 10.1. The molecule has 10 heteroatoms. The lowest BCUT2D eigenvalue weighted by Gasteiger charge is -2.38. The van der Waals surface area contributed by atoms with Gasteiger partial charge in [-0.15, -0.1) is 0 Å². The number of rotatable bonds is 4. The number of carbonyl (C=O) groups is 2. The number of nitrogens with one attached hydrogen (secondary N) is 1. The molecule has 0 spiro atoms.